The average molecular weight is 425 g/mol. The van der Waals surface area contributed by atoms with E-state index in [2.05, 4.69) is 14.8 Å². The zero-order chi connectivity index (χ0) is 18.0. The number of halogens is 4. The smallest absolute Gasteiger partial charge is 0.387 e. The molecule has 0 aromatic heterocycles. The normalized spacial score (nSPS) is 13.4. The van der Waals surface area contributed by atoms with Crippen molar-refractivity contribution >= 4 is 34.0 Å². The Morgan fingerprint density at radius 3 is 2.58 bits per heavy atom. The quantitative estimate of drug-likeness (QED) is 0.744. The standard InChI is InChI=1S/C16H15ClF2N2O3S.ClH/c17-14-6-13(3-4-15(14)24-16(18)19)25(22,23)21-7-10-1-2-11-8-20-9-12(11)5-10;/h1-6,16,20-21H,7-9H2;1H. The van der Waals surface area contributed by atoms with Gasteiger partial charge in [-0.25, -0.2) is 13.1 Å². The molecule has 0 saturated heterocycles. The first kappa shape index (κ1) is 20.9. The molecule has 1 aliphatic rings. The van der Waals surface area contributed by atoms with Crippen molar-refractivity contribution in [1.82, 2.24) is 10.0 Å². The Balaban J connectivity index is 0.00000243. The predicted molar refractivity (Wildman–Crippen MR) is 96.3 cm³/mol. The molecular formula is C16H16Cl2F2N2O3S. The Morgan fingerprint density at radius 2 is 1.88 bits per heavy atom. The third kappa shape index (κ3) is 4.83. The van der Waals surface area contributed by atoms with Crippen LogP contribution in [0.5, 0.6) is 5.75 Å². The monoisotopic (exact) mass is 424 g/mol. The van der Waals surface area contributed by atoms with Crippen LogP contribution in [0.4, 0.5) is 8.78 Å². The summed E-state index contributed by atoms with van der Waals surface area (Å²) < 4.78 is 55.8. The van der Waals surface area contributed by atoms with Crippen LogP contribution in [-0.4, -0.2) is 15.0 Å². The maximum atomic E-state index is 12.4. The van der Waals surface area contributed by atoms with Gasteiger partial charge >= 0.3 is 6.61 Å². The molecule has 2 aromatic carbocycles. The van der Waals surface area contributed by atoms with Crippen molar-refractivity contribution in [2.75, 3.05) is 0 Å². The minimum atomic E-state index is -3.83. The van der Waals surface area contributed by atoms with E-state index in [4.69, 9.17) is 11.6 Å². The highest BCUT2D eigenvalue weighted by Crippen LogP contribution is 2.28. The van der Waals surface area contributed by atoms with Crippen molar-refractivity contribution in [1.29, 1.82) is 0 Å². The van der Waals surface area contributed by atoms with Gasteiger partial charge in [0.25, 0.3) is 0 Å². The molecule has 0 bridgehead atoms. The third-order valence-corrected chi connectivity index (χ3v) is 5.49. The minimum absolute atomic E-state index is 0. The third-order valence-electron chi connectivity index (χ3n) is 3.80. The number of rotatable bonds is 6. The SMILES string of the molecule is Cl.O=S(=O)(NCc1ccc2c(c1)CNC2)c1ccc(OC(F)F)c(Cl)c1. The highest BCUT2D eigenvalue weighted by molar-refractivity contribution is 7.89. The molecule has 5 nitrogen and oxygen atoms in total. The Hall–Kier alpha value is -1.45. The lowest BCUT2D eigenvalue weighted by Crippen LogP contribution is -2.23. The van der Waals surface area contributed by atoms with Gasteiger partial charge in [0, 0.05) is 19.6 Å². The second-order valence-electron chi connectivity index (χ2n) is 5.50. The number of hydrogen-bond donors (Lipinski definition) is 2. The fourth-order valence-corrected chi connectivity index (χ4v) is 3.89. The number of alkyl halides is 2. The van der Waals surface area contributed by atoms with Crippen LogP contribution >= 0.6 is 24.0 Å². The number of fused-ring (bicyclic) bond motifs is 1. The van der Waals surface area contributed by atoms with Gasteiger partial charge in [-0.2, -0.15) is 8.78 Å². The summed E-state index contributed by atoms with van der Waals surface area (Å²) in [7, 11) is -3.83. The Kier molecular flexibility index (Phi) is 6.81. The highest BCUT2D eigenvalue weighted by Gasteiger charge is 2.18. The summed E-state index contributed by atoms with van der Waals surface area (Å²) in [6.07, 6.45) is 0. The van der Waals surface area contributed by atoms with Crippen molar-refractivity contribution in [2.24, 2.45) is 0 Å². The van der Waals surface area contributed by atoms with Gasteiger partial charge < -0.3 is 10.1 Å². The number of benzene rings is 2. The molecular weight excluding hydrogens is 409 g/mol. The van der Waals surface area contributed by atoms with Crippen molar-refractivity contribution in [2.45, 2.75) is 31.1 Å². The van der Waals surface area contributed by atoms with Crippen LogP contribution in [-0.2, 0) is 29.7 Å². The first-order valence-electron chi connectivity index (χ1n) is 7.40. The summed E-state index contributed by atoms with van der Waals surface area (Å²) in [5.74, 6) is -0.276. The van der Waals surface area contributed by atoms with Gasteiger partial charge in [0.1, 0.15) is 5.75 Å². The fourth-order valence-electron chi connectivity index (χ4n) is 2.56. The average Bonchev–Trinajstić information content (AvgIpc) is 3.02. The molecule has 0 amide bonds. The van der Waals surface area contributed by atoms with Crippen LogP contribution in [0.3, 0.4) is 0 Å². The second kappa shape index (κ2) is 8.49. The van der Waals surface area contributed by atoms with Crippen molar-refractivity contribution in [3.05, 3.63) is 58.1 Å². The van der Waals surface area contributed by atoms with E-state index in [9.17, 15) is 17.2 Å². The predicted octanol–water partition coefficient (Wildman–Crippen LogP) is 3.44. The first-order valence-corrected chi connectivity index (χ1v) is 9.27. The number of ether oxygens (including phenoxy) is 1. The largest absolute Gasteiger partial charge is 0.433 e. The molecule has 0 unspecified atom stereocenters. The summed E-state index contributed by atoms with van der Waals surface area (Å²) >= 11 is 5.80. The van der Waals surface area contributed by atoms with Gasteiger partial charge in [0.2, 0.25) is 10.0 Å². The summed E-state index contributed by atoms with van der Waals surface area (Å²) in [5.41, 5.74) is 3.18. The van der Waals surface area contributed by atoms with Crippen molar-refractivity contribution in [3.63, 3.8) is 0 Å². The number of nitrogens with one attached hydrogen (secondary N) is 2. The summed E-state index contributed by atoms with van der Waals surface area (Å²) in [4.78, 5) is -0.123. The van der Waals surface area contributed by atoms with Crippen molar-refractivity contribution in [3.8, 4) is 5.75 Å². The molecule has 1 aliphatic heterocycles. The van der Waals surface area contributed by atoms with Crippen molar-refractivity contribution < 1.29 is 21.9 Å². The van der Waals surface area contributed by atoms with E-state index in [1.807, 2.05) is 18.2 Å². The summed E-state index contributed by atoms with van der Waals surface area (Å²) in [5, 5.41) is 3.02. The minimum Gasteiger partial charge on any atom is -0.433 e. The second-order valence-corrected chi connectivity index (χ2v) is 7.68. The lowest BCUT2D eigenvalue weighted by Gasteiger charge is -2.10. The van der Waals surface area contributed by atoms with Crippen LogP contribution in [0, 0.1) is 0 Å². The molecule has 0 atom stereocenters. The molecule has 0 radical (unpaired) electrons. The Morgan fingerprint density at radius 1 is 1.15 bits per heavy atom. The maximum Gasteiger partial charge on any atom is 0.387 e. The van der Waals surface area contributed by atoms with E-state index in [-0.39, 0.29) is 34.6 Å². The number of sulfonamides is 1. The first-order chi connectivity index (χ1) is 11.8. The lowest BCUT2D eigenvalue weighted by molar-refractivity contribution is -0.0498. The van der Waals surface area contributed by atoms with E-state index in [0.29, 0.717) is 0 Å². The zero-order valence-electron chi connectivity index (χ0n) is 13.3. The molecule has 0 aliphatic carbocycles. The highest BCUT2D eigenvalue weighted by atomic mass is 35.5. The van der Waals surface area contributed by atoms with Crippen LogP contribution < -0.4 is 14.8 Å². The zero-order valence-corrected chi connectivity index (χ0v) is 15.7. The van der Waals surface area contributed by atoms with Crippen LogP contribution in [0.15, 0.2) is 41.3 Å². The van der Waals surface area contributed by atoms with Crippen LogP contribution in [0.25, 0.3) is 0 Å². The van der Waals surface area contributed by atoms with Crippen LogP contribution in [0.2, 0.25) is 5.02 Å². The summed E-state index contributed by atoms with van der Waals surface area (Å²) in [6.45, 7) is -1.35. The molecule has 10 heteroatoms. The van der Waals surface area contributed by atoms with E-state index in [1.54, 1.807) is 0 Å². The van der Waals surface area contributed by atoms with Gasteiger partial charge in [0.05, 0.1) is 9.92 Å². The molecule has 0 fully saturated rings. The molecule has 0 spiro atoms. The van der Waals surface area contributed by atoms with E-state index >= 15 is 0 Å². The maximum absolute atomic E-state index is 12.4. The van der Waals surface area contributed by atoms with Gasteiger partial charge in [-0.05, 0) is 34.9 Å². The topological polar surface area (TPSA) is 67.4 Å². The molecule has 0 saturated carbocycles. The molecule has 2 aromatic rings. The number of hydrogen-bond acceptors (Lipinski definition) is 4. The van der Waals surface area contributed by atoms with E-state index in [0.717, 1.165) is 36.3 Å². The van der Waals surface area contributed by atoms with Gasteiger partial charge in [-0.3, -0.25) is 0 Å². The molecule has 26 heavy (non-hydrogen) atoms. The van der Waals surface area contributed by atoms with Gasteiger partial charge in [-0.1, -0.05) is 29.8 Å². The lowest BCUT2D eigenvalue weighted by atomic mass is 10.1. The summed E-state index contributed by atoms with van der Waals surface area (Å²) in [6, 6.07) is 9.12. The Bertz CT molecular complexity index is 895. The van der Waals surface area contributed by atoms with E-state index < -0.39 is 16.6 Å². The van der Waals surface area contributed by atoms with Crippen LogP contribution in [0.1, 0.15) is 16.7 Å². The van der Waals surface area contributed by atoms with E-state index in [1.165, 1.54) is 11.6 Å². The molecule has 1 heterocycles. The van der Waals surface area contributed by atoms with Gasteiger partial charge in [-0.15, -0.1) is 12.4 Å². The van der Waals surface area contributed by atoms with Gasteiger partial charge in [0.15, 0.2) is 0 Å². The molecule has 2 N–H and O–H groups in total. The Labute approximate surface area is 161 Å². The molecule has 142 valence electrons. The molecule has 3 rings (SSSR count). The fraction of sp³-hybridized carbons (Fsp3) is 0.250.